The van der Waals surface area contributed by atoms with E-state index in [9.17, 15) is 4.79 Å². The van der Waals surface area contributed by atoms with Gasteiger partial charge in [-0.25, -0.2) is 0 Å². The van der Waals surface area contributed by atoms with Crippen LogP contribution in [-0.4, -0.2) is 35.3 Å². The first-order valence-electron chi connectivity index (χ1n) is 3.52. The van der Waals surface area contributed by atoms with Crippen molar-refractivity contribution < 1.29 is 4.79 Å². The molecule has 1 fully saturated rings. The molecule has 1 aliphatic heterocycles. The van der Waals surface area contributed by atoms with Crippen LogP contribution in [0.5, 0.6) is 0 Å². The summed E-state index contributed by atoms with van der Waals surface area (Å²) in [4.78, 5) is 10.9. The van der Waals surface area contributed by atoms with Crippen LogP contribution in [-0.2, 0) is 4.79 Å². The van der Waals surface area contributed by atoms with Gasteiger partial charge in [-0.05, 0) is 0 Å². The second-order valence-corrected chi connectivity index (χ2v) is 8.09. The molecule has 0 N–H and O–H groups in total. The van der Waals surface area contributed by atoms with E-state index < -0.39 is 0 Å². The van der Waals surface area contributed by atoms with E-state index in [0.717, 1.165) is 19.4 Å². The maximum atomic E-state index is 10.9. The summed E-state index contributed by atoms with van der Waals surface area (Å²) in [6.45, 7) is 4.22. The quantitative estimate of drug-likeness (QED) is 0.570. The van der Waals surface area contributed by atoms with Gasteiger partial charge in [-0.15, -0.1) is 0 Å². The van der Waals surface area contributed by atoms with Crippen molar-refractivity contribution in [3.05, 3.63) is 0 Å². The number of hydrogen-bond acceptors (Lipinski definition) is 2. The van der Waals surface area contributed by atoms with Gasteiger partial charge in [-0.2, -0.15) is 0 Å². The molecule has 0 bridgehead atoms. The summed E-state index contributed by atoms with van der Waals surface area (Å²) in [5.41, 5.74) is 0. The Hall–Kier alpha value is 0.810. The topological polar surface area (TPSA) is 17.1 Å². The molecule has 0 saturated carbocycles. The number of Topliss-reactive ketones (excluding diaryl/α,β-unsaturated/α-hetero) is 1. The summed E-state index contributed by atoms with van der Waals surface area (Å²) in [7, 11) is 0. The second kappa shape index (κ2) is 3.99. The fourth-order valence-corrected chi connectivity index (χ4v) is 6.54. The van der Waals surface area contributed by atoms with Crippen molar-refractivity contribution in [2.45, 2.75) is 33.3 Å². The van der Waals surface area contributed by atoms with Gasteiger partial charge < -0.3 is 0 Å². The summed E-state index contributed by atoms with van der Waals surface area (Å²) in [5, 5.41) is 0.882. The normalized spacial score (nSPS) is 30.2. The van der Waals surface area contributed by atoms with Gasteiger partial charge in [0, 0.05) is 0 Å². The molecule has 1 saturated heterocycles. The van der Waals surface area contributed by atoms with Gasteiger partial charge in [-0.3, -0.25) is 0 Å². The fourth-order valence-electron chi connectivity index (χ4n) is 0.618. The molecule has 1 heterocycles. The standard InChI is InChI=1S/C7H12OSTe/c1-3-6(8)4-10-7-5(2)9-7/h5,7H,3-4H2,1-2H3. The molecule has 0 radical (unpaired) electrons. The van der Waals surface area contributed by atoms with Crippen molar-refractivity contribution in [1.29, 1.82) is 0 Å². The van der Waals surface area contributed by atoms with Crippen molar-refractivity contribution in [3.63, 3.8) is 0 Å². The maximum absolute atomic E-state index is 10.9. The zero-order valence-electron chi connectivity index (χ0n) is 6.29. The van der Waals surface area contributed by atoms with Crippen LogP contribution in [0.1, 0.15) is 20.3 Å². The van der Waals surface area contributed by atoms with Crippen LogP contribution >= 0.6 is 11.8 Å². The fraction of sp³-hybridized carbons (Fsp3) is 0.857. The summed E-state index contributed by atoms with van der Waals surface area (Å²) in [6.07, 6.45) is 0.747. The molecule has 2 atom stereocenters. The molecule has 2 unspecified atom stereocenters. The minimum atomic E-state index is 0.0380. The van der Waals surface area contributed by atoms with Gasteiger partial charge in [0.15, 0.2) is 0 Å². The third kappa shape index (κ3) is 2.82. The number of carbonyl (C=O) groups excluding carboxylic acids is 1. The Labute approximate surface area is 76.4 Å². The van der Waals surface area contributed by atoms with Gasteiger partial charge in [0.1, 0.15) is 0 Å². The van der Waals surface area contributed by atoms with Crippen LogP contribution in [0, 0.1) is 0 Å². The molecule has 0 aromatic heterocycles. The Morgan fingerprint density at radius 2 is 2.30 bits per heavy atom. The van der Waals surface area contributed by atoms with E-state index >= 15 is 0 Å². The molecule has 10 heavy (non-hydrogen) atoms. The van der Waals surface area contributed by atoms with Gasteiger partial charge >= 0.3 is 76.5 Å². The predicted octanol–water partition coefficient (Wildman–Crippen LogP) is 1.55. The van der Waals surface area contributed by atoms with Crippen LogP contribution in [0.2, 0.25) is 4.47 Å². The van der Waals surface area contributed by atoms with Gasteiger partial charge in [0.2, 0.25) is 0 Å². The molecule has 1 rings (SSSR count). The molecular weight excluding hydrogens is 260 g/mol. The van der Waals surface area contributed by atoms with Gasteiger partial charge in [0.05, 0.1) is 0 Å². The van der Waals surface area contributed by atoms with Crippen molar-refractivity contribution in [1.82, 2.24) is 0 Å². The van der Waals surface area contributed by atoms with E-state index in [2.05, 4.69) is 6.92 Å². The number of carbonyl (C=O) groups is 1. The Kier molecular flexibility index (Phi) is 3.55. The predicted molar refractivity (Wildman–Crippen MR) is 46.7 cm³/mol. The molecule has 0 aliphatic carbocycles. The third-order valence-electron chi connectivity index (χ3n) is 1.46. The number of ketones is 1. The Morgan fingerprint density at radius 1 is 1.70 bits per heavy atom. The summed E-state index contributed by atoms with van der Waals surface area (Å²) < 4.78 is 1.87. The summed E-state index contributed by atoms with van der Waals surface area (Å²) in [5.74, 6) is 0.474. The van der Waals surface area contributed by atoms with Crippen LogP contribution in [0.15, 0.2) is 0 Å². The first kappa shape index (κ1) is 8.90. The Balaban J connectivity index is 2.00. The van der Waals surface area contributed by atoms with Crippen LogP contribution < -0.4 is 0 Å². The summed E-state index contributed by atoms with van der Waals surface area (Å²) in [6, 6.07) is 0. The van der Waals surface area contributed by atoms with Crippen LogP contribution in [0.4, 0.5) is 0 Å². The average Bonchev–Trinajstić information content (AvgIpc) is 2.61. The molecule has 0 spiro atoms. The first-order chi connectivity index (χ1) is 4.74. The van der Waals surface area contributed by atoms with Crippen molar-refractivity contribution in [2.75, 3.05) is 0 Å². The molecule has 1 nitrogen and oxygen atoms in total. The average molecular weight is 272 g/mol. The van der Waals surface area contributed by atoms with Crippen molar-refractivity contribution in [2.24, 2.45) is 0 Å². The minimum absolute atomic E-state index is 0.0380. The van der Waals surface area contributed by atoms with Crippen molar-refractivity contribution >= 4 is 38.5 Å². The molecule has 58 valence electrons. The molecule has 0 aromatic carbocycles. The number of rotatable bonds is 4. The Morgan fingerprint density at radius 3 is 2.70 bits per heavy atom. The van der Waals surface area contributed by atoms with Crippen molar-refractivity contribution in [3.8, 4) is 0 Å². The Bertz CT molecular complexity index is 138. The SMILES string of the molecule is CCC(=O)C[Te]C1SC1C. The van der Waals surface area contributed by atoms with Crippen LogP contribution in [0.25, 0.3) is 0 Å². The van der Waals surface area contributed by atoms with E-state index in [1.54, 1.807) is 0 Å². The van der Waals surface area contributed by atoms with Crippen LogP contribution in [0.3, 0.4) is 0 Å². The van der Waals surface area contributed by atoms with E-state index in [1.165, 1.54) is 0 Å². The number of thioether (sulfide) groups is 1. The molecule has 3 heteroatoms. The summed E-state index contributed by atoms with van der Waals surface area (Å²) >= 11 is 2.09. The van der Waals surface area contributed by atoms with E-state index in [-0.39, 0.29) is 20.9 Å². The van der Waals surface area contributed by atoms with E-state index in [4.69, 9.17) is 0 Å². The molecular formula is C7H12OSTe. The second-order valence-electron chi connectivity index (χ2n) is 2.41. The van der Waals surface area contributed by atoms with Gasteiger partial charge in [0.25, 0.3) is 0 Å². The van der Waals surface area contributed by atoms with E-state index in [1.807, 2.05) is 18.7 Å². The number of hydrogen-bond donors (Lipinski definition) is 0. The zero-order chi connectivity index (χ0) is 7.56. The molecule has 0 amide bonds. The molecule has 1 aliphatic rings. The van der Waals surface area contributed by atoms with Gasteiger partial charge in [-0.1, -0.05) is 0 Å². The van der Waals surface area contributed by atoms with E-state index in [0.29, 0.717) is 5.78 Å². The zero-order valence-corrected chi connectivity index (χ0v) is 9.44. The first-order valence-corrected chi connectivity index (χ1v) is 7.46. The molecule has 0 aromatic rings. The monoisotopic (exact) mass is 274 g/mol. The third-order valence-corrected chi connectivity index (χ3v) is 8.42.